The number of rotatable bonds is 5. The minimum absolute atomic E-state index is 0.212. The molecule has 1 amide bonds. The van der Waals surface area contributed by atoms with Gasteiger partial charge in [-0.15, -0.1) is 10.2 Å². The summed E-state index contributed by atoms with van der Waals surface area (Å²) in [5.74, 6) is -0.212. The van der Waals surface area contributed by atoms with E-state index in [1.54, 1.807) is 11.3 Å². The number of anilines is 1. The minimum atomic E-state index is -0.394. The molecule has 0 bridgehead atoms. The fraction of sp³-hybridized carbons (Fsp3) is 0.727. The van der Waals surface area contributed by atoms with Gasteiger partial charge in [-0.1, -0.05) is 11.3 Å². The number of nitrogens with one attached hydrogen (secondary N) is 1. The minimum Gasteiger partial charge on any atom is -0.369 e. The zero-order valence-electron chi connectivity index (χ0n) is 10.8. The first kappa shape index (κ1) is 13.2. The number of hydrogen-bond donors (Lipinski definition) is 2. The molecule has 0 spiro atoms. The van der Waals surface area contributed by atoms with Crippen molar-refractivity contribution < 1.29 is 4.79 Å². The highest BCUT2D eigenvalue weighted by atomic mass is 32.1. The van der Waals surface area contributed by atoms with Crippen molar-refractivity contribution in [3.63, 3.8) is 0 Å². The average Bonchev–Trinajstić information content (AvgIpc) is 2.88. The summed E-state index contributed by atoms with van der Waals surface area (Å²) in [6.07, 6.45) is 0.821. The van der Waals surface area contributed by atoms with E-state index in [0.29, 0.717) is 6.54 Å². The summed E-state index contributed by atoms with van der Waals surface area (Å²) in [6.45, 7) is 7.14. The van der Waals surface area contributed by atoms with Crippen LogP contribution in [0.1, 0.15) is 25.3 Å². The van der Waals surface area contributed by atoms with Crippen LogP contribution >= 0.6 is 11.3 Å². The molecule has 0 radical (unpaired) electrons. The molecule has 1 atom stereocenters. The molecule has 0 aliphatic carbocycles. The van der Waals surface area contributed by atoms with Crippen molar-refractivity contribution in [1.29, 1.82) is 0 Å². The van der Waals surface area contributed by atoms with Gasteiger partial charge in [0.25, 0.3) is 0 Å². The second kappa shape index (κ2) is 5.19. The van der Waals surface area contributed by atoms with Gasteiger partial charge in [-0.3, -0.25) is 9.69 Å². The van der Waals surface area contributed by atoms with Crippen LogP contribution < -0.4 is 11.1 Å². The van der Waals surface area contributed by atoms with E-state index < -0.39 is 5.41 Å². The first-order chi connectivity index (χ1) is 8.53. The van der Waals surface area contributed by atoms with Gasteiger partial charge in [-0.05, 0) is 26.8 Å². The Labute approximate surface area is 111 Å². The Kier molecular flexibility index (Phi) is 3.82. The standard InChI is InChI=1S/C11H19N5OS/c1-3-13-10-15-14-8(18-10)6-16-5-4-11(2,7-16)9(12)17/h3-7H2,1-2H3,(H2,12,17)(H,13,15). The fourth-order valence-electron chi connectivity index (χ4n) is 2.12. The van der Waals surface area contributed by atoms with E-state index in [1.807, 2.05) is 13.8 Å². The molecule has 1 aliphatic heterocycles. The molecule has 1 aliphatic rings. The van der Waals surface area contributed by atoms with Crippen LogP contribution in [0.5, 0.6) is 0 Å². The summed E-state index contributed by atoms with van der Waals surface area (Å²) in [7, 11) is 0. The summed E-state index contributed by atoms with van der Waals surface area (Å²) < 4.78 is 0. The van der Waals surface area contributed by atoms with Crippen molar-refractivity contribution in [2.45, 2.75) is 26.8 Å². The summed E-state index contributed by atoms with van der Waals surface area (Å²) >= 11 is 1.56. The van der Waals surface area contributed by atoms with Crippen LogP contribution in [0.2, 0.25) is 0 Å². The van der Waals surface area contributed by atoms with E-state index in [1.165, 1.54) is 0 Å². The van der Waals surface area contributed by atoms with E-state index >= 15 is 0 Å². The van der Waals surface area contributed by atoms with Crippen LogP contribution in [0.15, 0.2) is 0 Å². The van der Waals surface area contributed by atoms with Crippen molar-refractivity contribution >= 4 is 22.4 Å². The molecule has 18 heavy (non-hydrogen) atoms. The Morgan fingerprint density at radius 2 is 2.39 bits per heavy atom. The number of nitrogens with two attached hydrogens (primary N) is 1. The van der Waals surface area contributed by atoms with Crippen LogP contribution in [0.25, 0.3) is 0 Å². The van der Waals surface area contributed by atoms with Crippen LogP contribution in [0.3, 0.4) is 0 Å². The molecule has 100 valence electrons. The Morgan fingerprint density at radius 1 is 1.61 bits per heavy atom. The van der Waals surface area contributed by atoms with Crippen LogP contribution in [0.4, 0.5) is 5.13 Å². The van der Waals surface area contributed by atoms with Crippen molar-refractivity contribution in [2.24, 2.45) is 11.1 Å². The molecule has 1 unspecified atom stereocenters. The number of amides is 1. The van der Waals surface area contributed by atoms with Gasteiger partial charge in [-0.2, -0.15) is 0 Å². The number of nitrogens with zero attached hydrogens (tertiary/aromatic N) is 3. The number of hydrogen-bond acceptors (Lipinski definition) is 6. The van der Waals surface area contributed by atoms with Crippen LogP contribution in [-0.4, -0.2) is 40.6 Å². The highest BCUT2D eigenvalue weighted by Crippen LogP contribution is 2.30. The van der Waals surface area contributed by atoms with Gasteiger partial charge in [0.2, 0.25) is 11.0 Å². The number of carbonyl (C=O) groups is 1. The van der Waals surface area contributed by atoms with Gasteiger partial charge in [0.15, 0.2) is 0 Å². The first-order valence-electron chi connectivity index (χ1n) is 6.12. The third-order valence-corrected chi connectivity index (χ3v) is 4.17. The van der Waals surface area contributed by atoms with Gasteiger partial charge in [0.1, 0.15) is 5.01 Å². The fourth-order valence-corrected chi connectivity index (χ4v) is 2.97. The zero-order valence-corrected chi connectivity index (χ0v) is 11.6. The molecule has 0 aromatic carbocycles. The molecule has 1 fully saturated rings. The second-order valence-corrected chi connectivity index (χ2v) is 5.98. The number of carbonyl (C=O) groups excluding carboxylic acids is 1. The van der Waals surface area contributed by atoms with Crippen molar-refractivity contribution in [1.82, 2.24) is 15.1 Å². The predicted octanol–water partition coefficient (Wildman–Crippen LogP) is 0.667. The van der Waals surface area contributed by atoms with Crippen molar-refractivity contribution in [2.75, 3.05) is 25.0 Å². The lowest BCUT2D eigenvalue weighted by Gasteiger charge is -2.20. The molecular weight excluding hydrogens is 250 g/mol. The summed E-state index contributed by atoms with van der Waals surface area (Å²) in [4.78, 5) is 13.6. The highest BCUT2D eigenvalue weighted by Gasteiger charge is 2.38. The average molecular weight is 269 g/mol. The van der Waals surface area contributed by atoms with Crippen molar-refractivity contribution in [3.05, 3.63) is 5.01 Å². The molecule has 7 heteroatoms. The van der Waals surface area contributed by atoms with Crippen LogP contribution in [0, 0.1) is 5.41 Å². The van der Waals surface area contributed by atoms with E-state index in [9.17, 15) is 4.79 Å². The van der Waals surface area contributed by atoms with Gasteiger partial charge < -0.3 is 11.1 Å². The SMILES string of the molecule is CCNc1nnc(CN2CCC(C)(C(N)=O)C2)s1. The lowest BCUT2D eigenvalue weighted by atomic mass is 9.89. The van der Waals surface area contributed by atoms with Gasteiger partial charge in [-0.25, -0.2) is 0 Å². The maximum Gasteiger partial charge on any atom is 0.224 e. The van der Waals surface area contributed by atoms with Crippen molar-refractivity contribution in [3.8, 4) is 0 Å². The highest BCUT2D eigenvalue weighted by molar-refractivity contribution is 7.15. The maximum atomic E-state index is 11.4. The molecule has 1 saturated heterocycles. The summed E-state index contributed by atoms with van der Waals surface area (Å²) in [5.41, 5.74) is 5.04. The summed E-state index contributed by atoms with van der Waals surface area (Å²) in [5, 5.41) is 13.2. The maximum absolute atomic E-state index is 11.4. The Hall–Kier alpha value is -1.21. The normalized spacial score (nSPS) is 24.3. The molecule has 1 aromatic rings. The zero-order chi connectivity index (χ0) is 13.2. The monoisotopic (exact) mass is 269 g/mol. The topological polar surface area (TPSA) is 84.1 Å². The number of likely N-dealkylation sites (tertiary alicyclic amines) is 1. The van der Waals surface area contributed by atoms with E-state index in [0.717, 1.165) is 36.2 Å². The molecule has 2 rings (SSSR count). The Bertz CT molecular complexity index is 435. The smallest absolute Gasteiger partial charge is 0.224 e. The van der Waals surface area contributed by atoms with E-state index in [2.05, 4.69) is 20.4 Å². The second-order valence-electron chi connectivity index (χ2n) is 4.92. The van der Waals surface area contributed by atoms with E-state index in [-0.39, 0.29) is 5.91 Å². The third kappa shape index (κ3) is 2.78. The quantitative estimate of drug-likeness (QED) is 0.820. The van der Waals surface area contributed by atoms with E-state index in [4.69, 9.17) is 5.73 Å². The lowest BCUT2D eigenvalue weighted by Crippen LogP contribution is -2.36. The molecule has 2 heterocycles. The first-order valence-corrected chi connectivity index (χ1v) is 6.93. The largest absolute Gasteiger partial charge is 0.369 e. The lowest BCUT2D eigenvalue weighted by molar-refractivity contribution is -0.126. The molecule has 0 saturated carbocycles. The Balaban J connectivity index is 1.93. The summed E-state index contributed by atoms with van der Waals surface area (Å²) in [6, 6.07) is 0. The van der Waals surface area contributed by atoms with Gasteiger partial charge in [0.05, 0.1) is 12.0 Å². The van der Waals surface area contributed by atoms with Gasteiger partial charge in [0, 0.05) is 13.1 Å². The number of primary amides is 1. The Morgan fingerprint density at radius 3 is 3.00 bits per heavy atom. The molecular formula is C11H19N5OS. The third-order valence-electron chi connectivity index (χ3n) is 3.30. The predicted molar refractivity (Wildman–Crippen MR) is 71.3 cm³/mol. The van der Waals surface area contributed by atoms with Gasteiger partial charge >= 0.3 is 0 Å². The molecule has 3 N–H and O–H groups in total. The number of aromatic nitrogens is 2. The van der Waals surface area contributed by atoms with Crippen LogP contribution in [-0.2, 0) is 11.3 Å². The molecule has 6 nitrogen and oxygen atoms in total. The molecule has 1 aromatic heterocycles.